The van der Waals surface area contributed by atoms with Crippen molar-refractivity contribution in [3.63, 3.8) is 0 Å². The quantitative estimate of drug-likeness (QED) is 0.758. The second-order valence-corrected chi connectivity index (χ2v) is 4.29. The summed E-state index contributed by atoms with van der Waals surface area (Å²) in [7, 11) is 1.62. The standard InChI is InChI=1S/C14H20O4/c1-10(11(2)14(15)16)12-6-4-5-7-13(12)18-9-8-17-3/h4-7,10-11H,8-9H2,1-3H3,(H,15,16). The molecule has 0 saturated heterocycles. The third kappa shape index (κ3) is 3.74. The van der Waals surface area contributed by atoms with Crippen LogP contribution in [0.5, 0.6) is 5.75 Å². The molecule has 0 aliphatic carbocycles. The van der Waals surface area contributed by atoms with Crippen molar-refractivity contribution in [3.8, 4) is 5.75 Å². The molecule has 4 nitrogen and oxygen atoms in total. The molecule has 0 spiro atoms. The molecule has 0 heterocycles. The molecule has 0 aliphatic heterocycles. The van der Waals surface area contributed by atoms with Gasteiger partial charge in [-0.25, -0.2) is 0 Å². The Balaban J connectivity index is 2.83. The maximum absolute atomic E-state index is 11.0. The third-order valence-corrected chi connectivity index (χ3v) is 3.09. The monoisotopic (exact) mass is 252 g/mol. The van der Waals surface area contributed by atoms with Crippen LogP contribution in [0.4, 0.5) is 0 Å². The number of carboxylic acid groups (broad SMARTS) is 1. The van der Waals surface area contributed by atoms with Gasteiger partial charge in [-0.3, -0.25) is 4.79 Å². The van der Waals surface area contributed by atoms with Gasteiger partial charge in [-0.1, -0.05) is 32.0 Å². The fourth-order valence-corrected chi connectivity index (χ4v) is 1.71. The number of carbonyl (C=O) groups is 1. The maximum Gasteiger partial charge on any atom is 0.306 e. The van der Waals surface area contributed by atoms with E-state index in [0.29, 0.717) is 13.2 Å². The highest BCUT2D eigenvalue weighted by Gasteiger charge is 2.23. The summed E-state index contributed by atoms with van der Waals surface area (Å²) < 4.78 is 10.5. The first kappa shape index (κ1) is 14.5. The molecule has 0 bridgehead atoms. The van der Waals surface area contributed by atoms with Gasteiger partial charge in [-0.2, -0.15) is 0 Å². The molecule has 0 fully saturated rings. The van der Waals surface area contributed by atoms with Crippen LogP contribution in [-0.4, -0.2) is 31.4 Å². The van der Waals surface area contributed by atoms with Gasteiger partial charge in [-0.05, 0) is 17.5 Å². The van der Waals surface area contributed by atoms with E-state index < -0.39 is 11.9 Å². The molecule has 0 aromatic heterocycles. The molecule has 2 unspecified atom stereocenters. The largest absolute Gasteiger partial charge is 0.491 e. The number of benzene rings is 1. The van der Waals surface area contributed by atoms with E-state index in [2.05, 4.69) is 0 Å². The van der Waals surface area contributed by atoms with E-state index in [1.54, 1.807) is 14.0 Å². The van der Waals surface area contributed by atoms with Gasteiger partial charge in [-0.15, -0.1) is 0 Å². The van der Waals surface area contributed by atoms with Gasteiger partial charge in [0, 0.05) is 7.11 Å². The number of methoxy groups -OCH3 is 1. The Morgan fingerprint density at radius 1 is 1.28 bits per heavy atom. The first-order valence-corrected chi connectivity index (χ1v) is 6.01. The summed E-state index contributed by atoms with van der Waals surface area (Å²) in [4.78, 5) is 11.0. The van der Waals surface area contributed by atoms with Crippen LogP contribution in [0.3, 0.4) is 0 Å². The number of hydrogen-bond acceptors (Lipinski definition) is 3. The second-order valence-electron chi connectivity index (χ2n) is 4.29. The summed E-state index contributed by atoms with van der Waals surface area (Å²) in [6, 6.07) is 7.54. The summed E-state index contributed by atoms with van der Waals surface area (Å²) in [5.74, 6) is -0.609. The first-order chi connectivity index (χ1) is 8.57. The minimum Gasteiger partial charge on any atom is -0.491 e. The molecule has 0 saturated carbocycles. The highest BCUT2D eigenvalue weighted by Crippen LogP contribution is 2.31. The Kier molecular flexibility index (Phi) is 5.65. The Morgan fingerprint density at radius 2 is 1.94 bits per heavy atom. The van der Waals surface area contributed by atoms with Crippen LogP contribution < -0.4 is 4.74 Å². The second kappa shape index (κ2) is 7.01. The Hall–Kier alpha value is -1.55. The normalized spacial score (nSPS) is 13.9. The van der Waals surface area contributed by atoms with Crippen LogP contribution in [0.1, 0.15) is 25.3 Å². The molecule has 2 atom stereocenters. The highest BCUT2D eigenvalue weighted by molar-refractivity contribution is 5.71. The van der Waals surface area contributed by atoms with Crippen molar-refractivity contribution in [1.29, 1.82) is 0 Å². The van der Waals surface area contributed by atoms with E-state index in [4.69, 9.17) is 14.6 Å². The van der Waals surface area contributed by atoms with Gasteiger partial charge in [0.1, 0.15) is 12.4 Å². The zero-order valence-corrected chi connectivity index (χ0v) is 11.1. The number of rotatable bonds is 7. The molecule has 0 aliphatic rings. The molecule has 1 aromatic carbocycles. The summed E-state index contributed by atoms with van der Waals surface area (Å²) in [5.41, 5.74) is 0.920. The smallest absolute Gasteiger partial charge is 0.306 e. The molecule has 0 amide bonds. The van der Waals surface area contributed by atoms with E-state index in [0.717, 1.165) is 11.3 Å². The van der Waals surface area contributed by atoms with Crippen molar-refractivity contribution in [2.45, 2.75) is 19.8 Å². The van der Waals surface area contributed by atoms with Crippen LogP contribution in [-0.2, 0) is 9.53 Å². The molecule has 4 heteroatoms. The fourth-order valence-electron chi connectivity index (χ4n) is 1.71. The van der Waals surface area contributed by atoms with Crippen LogP contribution in [0.25, 0.3) is 0 Å². The first-order valence-electron chi connectivity index (χ1n) is 6.01. The number of carboxylic acids is 1. The summed E-state index contributed by atoms with van der Waals surface area (Å²) in [6.45, 7) is 4.58. The van der Waals surface area contributed by atoms with Crippen molar-refractivity contribution in [1.82, 2.24) is 0 Å². The number of para-hydroxylation sites is 1. The molecule has 1 rings (SSSR count). The van der Waals surface area contributed by atoms with Crippen LogP contribution in [0, 0.1) is 5.92 Å². The van der Waals surface area contributed by atoms with Crippen LogP contribution in [0.15, 0.2) is 24.3 Å². The lowest BCUT2D eigenvalue weighted by molar-refractivity contribution is -0.141. The van der Waals surface area contributed by atoms with Crippen molar-refractivity contribution >= 4 is 5.97 Å². The lowest BCUT2D eigenvalue weighted by Gasteiger charge is -2.19. The molecular weight excluding hydrogens is 232 g/mol. The Bertz CT molecular complexity index is 389. The van der Waals surface area contributed by atoms with Crippen LogP contribution in [0.2, 0.25) is 0 Å². The zero-order valence-electron chi connectivity index (χ0n) is 11.1. The van der Waals surface area contributed by atoms with E-state index >= 15 is 0 Å². The van der Waals surface area contributed by atoms with Gasteiger partial charge < -0.3 is 14.6 Å². The number of hydrogen-bond donors (Lipinski definition) is 1. The van der Waals surface area contributed by atoms with E-state index in [-0.39, 0.29) is 5.92 Å². The van der Waals surface area contributed by atoms with Gasteiger partial charge >= 0.3 is 5.97 Å². The lowest BCUT2D eigenvalue weighted by Crippen LogP contribution is -2.17. The Morgan fingerprint density at radius 3 is 2.56 bits per heavy atom. The summed E-state index contributed by atoms with van der Waals surface area (Å²) in [6.07, 6.45) is 0. The third-order valence-electron chi connectivity index (χ3n) is 3.09. The fraction of sp³-hybridized carbons (Fsp3) is 0.500. The zero-order chi connectivity index (χ0) is 13.5. The van der Waals surface area contributed by atoms with Gasteiger partial charge in [0.2, 0.25) is 0 Å². The molecule has 100 valence electrons. The average Bonchev–Trinajstić information content (AvgIpc) is 2.38. The van der Waals surface area contributed by atoms with E-state index in [1.165, 1.54) is 0 Å². The number of ether oxygens (including phenoxy) is 2. The minimum atomic E-state index is -0.797. The molecule has 18 heavy (non-hydrogen) atoms. The molecule has 1 aromatic rings. The van der Waals surface area contributed by atoms with Crippen molar-refractivity contribution in [2.24, 2.45) is 5.92 Å². The predicted molar refractivity (Wildman–Crippen MR) is 69.0 cm³/mol. The molecular formula is C14H20O4. The maximum atomic E-state index is 11.0. The summed E-state index contributed by atoms with van der Waals surface area (Å²) in [5, 5.41) is 9.06. The SMILES string of the molecule is COCCOc1ccccc1C(C)C(C)C(=O)O. The molecule has 0 radical (unpaired) electrons. The lowest BCUT2D eigenvalue weighted by atomic mass is 9.88. The van der Waals surface area contributed by atoms with E-state index in [9.17, 15) is 4.79 Å². The molecule has 1 N–H and O–H groups in total. The van der Waals surface area contributed by atoms with Crippen LogP contribution >= 0.6 is 0 Å². The topological polar surface area (TPSA) is 55.8 Å². The van der Waals surface area contributed by atoms with Crippen molar-refractivity contribution < 1.29 is 19.4 Å². The van der Waals surface area contributed by atoms with E-state index in [1.807, 2.05) is 31.2 Å². The summed E-state index contributed by atoms with van der Waals surface area (Å²) >= 11 is 0. The van der Waals surface area contributed by atoms with Gasteiger partial charge in [0.25, 0.3) is 0 Å². The van der Waals surface area contributed by atoms with Crippen molar-refractivity contribution in [2.75, 3.05) is 20.3 Å². The van der Waals surface area contributed by atoms with Gasteiger partial charge in [0.05, 0.1) is 12.5 Å². The predicted octanol–water partition coefficient (Wildman–Crippen LogP) is 2.54. The van der Waals surface area contributed by atoms with Gasteiger partial charge in [0.15, 0.2) is 0 Å². The van der Waals surface area contributed by atoms with Crippen molar-refractivity contribution in [3.05, 3.63) is 29.8 Å². The highest BCUT2D eigenvalue weighted by atomic mass is 16.5. The Labute approximate surface area is 108 Å². The number of aliphatic carboxylic acids is 1. The average molecular weight is 252 g/mol. The minimum absolute atomic E-state index is 0.0961.